The molecule has 2 heterocycles. The molecule has 4 aromatic rings. The van der Waals surface area contributed by atoms with E-state index >= 15 is 0 Å². The fraction of sp³-hybridized carbons (Fsp3) is 0.150. The van der Waals surface area contributed by atoms with Gasteiger partial charge in [-0.05, 0) is 28.1 Å². The van der Waals surface area contributed by atoms with Gasteiger partial charge in [0.15, 0.2) is 6.04 Å². The third-order valence-electron chi connectivity index (χ3n) is 4.35. The van der Waals surface area contributed by atoms with Crippen LogP contribution in [0.15, 0.2) is 67.0 Å². The Morgan fingerprint density at radius 2 is 1.89 bits per heavy atom. The van der Waals surface area contributed by atoms with Gasteiger partial charge in [0.1, 0.15) is 18.1 Å². The van der Waals surface area contributed by atoms with E-state index in [9.17, 15) is 4.79 Å². The highest BCUT2D eigenvalue weighted by atomic mass is 35.5. The monoisotopic (exact) mass is 393 g/mol. The Balaban J connectivity index is 1.52. The summed E-state index contributed by atoms with van der Waals surface area (Å²) in [5.41, 5.74) is 2.41. The second-order valence-electron chi connectivity index (χ2n) is 6.23. The molecule has 0 fully saturated rings. The molecule has 2 aromatic carbocycles. The zero-order valence-corrected chi connectivity index (χ0v) is 15.5. The molecule has 140 valence electrons. The number of pyridine rings is 1. The van der Waals surface area contributed by atoms with Crippen molar-refractivity contribution in [1.82, 2.24) is 25.2 Å². The maximum absolute atomic E-state index is 12.8. The number of carbonyl (C=O) groups is 1. The van der Waals surface area contributed by atoms with E-state index < -0.39 is 12.0 Å². The van der Waals surface area contributed by atoms with Crippen molar-refractivity contribution in [3.8, 4) is 0 Å². The summed E-state index contributed by atoms with van der Waals surface area (Å²) in [6, 6.07) is 18.5. The topological polar surface area (TPSA) is 82.8 Å². The van der Waals surface area contributed by atoms with Crippen molar-refractivity contribution in [2.24, 2.45) is 0 Å². The molecule has 0 bridgehead atoms. The summed E-state index contributed by atoms with van der Waals surface area (Å²) in [5.74, 6) is -0.444. The van der Waals surface area contributed by atoms with Crippen LogP contribution in [-0.2, 0) is 22.6 Å². The summed E-state index contributed by atoms with van der Waals surface area (Å²) in [6.07, 6.45) is 1.81. The maximum atomic E-state index is 12.8. The van der Waals surface area contributed by atoms with Gasteiger partial charge in [0.05, 0.1) is 5.52 Å². The molecule has 2 aromatic heterocycles. The average molecular weight is 394 g/mol. The minimum absolute atomic E-state index is 0.0168. The Hall–Kier alpha value is -3.32. The number of hydrogen-bond donors (Lipinski definition) is 0. The van der Waals surface area contributed by atoms with Crippen molar-refractivity contribution in [1.29, 1.82) is 0 Å². The van der Waals surface area contributed by atoms with E-state index in [2.05, 4.69) is 20.5 Å². The third-order valence-corrected chi connectivity index (χ3v) is 4.68. The van der Waals surface area contributed by atoms with E-state index in [1.165, 1.54) is 11.0 Å². The van der Waals surface area contributed by atoms with Gasteiger partial charge in [0, 0.05) is 17.4 Å². The first kappa shape index (κ1) is 18.1. The zero-order chi connectivity index (χ0) is 19.3. The highest BCUT2D eigenvalue weighted by Gasteiger charge is 2.24. The molecule has 7 nitrogen and oxygen atoms in total. The van der Waals surface area contributed by atoms with Crippen LogP contribution < -0.4 is 0 Å². The molecule has 1 atom stereocenters. The second kappa shape index (κ2) is 8.14. The number of ether oxygens (including phenoxy) is 1. The zero-order valence-electron chi connectivity index (χ0n) is 14.8. The van der Waals surface area contributed by atoms with Gasteiger partial charge in [0.25, 0.3) is 0 Å². The van der Waals surface area contributed by atoms with E-state index in [0.717, 1.165) is 16.5 Å². The number of carbonyl (C=O) groups excluding carboxylic acids is 1. The molecule has 0 N–H and O–H groups in total. The molecule has 0 radical (unpaired) electrons. The standard InChI is InChI=1S/C20H16ClN5O2/c21-19-16(11-15-8-4-5-9-17(15)23-19)12-28-20(27)18(26-13-22-24-25-26)10-14-6-2-1-3-7-14/h1-9,11,13,18H,10,12H2/t18-/m1/s1. The number of aromatic nitrogens is 5. The Kier molecular flexibility index (Phi) is 5.25. The Labute approximate surface area is 165 Å². The minimum Gasteiger partial charge on any atom is -0.459 e. The lowest BCUT2D eigenvalue weighted by atomic mass is 10.1. The minimum atomic E-state index is -0.676. The summed E-state index contributed by atoms with van der Waals surface area (Å²) in [6.45, 7) is 0.0168. The molecule has 0 amide bonds. The summed E-state index contributed by atoms with van der Waals surface area (Å²) < 4.78 is 6.93. The Morgan fingerprint density at radius 1 is 1.11 bits per heavy atom. The van der Waals surface area contributed by atoms with E-state index in [1.54, 1.807) is 0 Å². The molecular weight excluding hydrogens is 378 g/mol. The SMILES string of the molecule is O=C(OCc1cc2ccccc2nc1Cl)[C@@H](Cc1ccccc1)n1cnnn1. The predicted octanol–water partition coefficient (Wildman–Crippen LogP) is 3.40. The van der Waals surface area contributed by atoms with Crippen LogP contribution >= 0.6 is 11.6 Å². The van der Waals surface area contributed by atoms with Crippen LogP contribution in [0, 0.1) is 0 Å². The predicted molar refractivity (Wildman–Crippen MR) is 104 cm³/mol. The van der Waals surface area contributed by atoms with Gasteiger partial charge in [-0.1, -0.05) is 60.1 Å². The summed E-state index contributed by atoms with van der Waals surface area (Å²) in [5, 5.41) is 12.4. The molecule has 28 heavy (non-hydrogen) atoms. The van der Waals surface area contributed by atoms with Crippen molar-refractivity contribution >= 4 is 28.5 Å². The lowest BCUT2D eigenvalue weighted by Crippen LogP contribution is -2.25. The fourth-order valence-electron chi connectivity index (χ4n) is 2.92. The van der Waals surface area contributed by atoms with Gasteiger partial charge in [-0.25, -0.2) is 14.5 Å². The molecule has 0 saturated carbocycles. The normalized spacial score (nSPS) is 12.0. The number of fused-ring (bicyclic) bond motifs is 1. The number of nitrogens with zero attached hydrogens (tertiary/aromatic N) is 5. The molecule has 0 saturated heterocycles. The third kappa shape index (κ3) is 3.99. The molecule has 4 rings (SSSR count). The lowest BCUT2D eigenvalue weighted by Gasteiger charge is -2.16. The first-order valence-corrected chi connectivity index (χ1v) is 9.06. The van der Waals surface area contributed by atoms with Gasteiger partial charge in [-0.2, -0.15) is 0 Å². The number of esters is 1. The highest BCUT2D eigenvalue weighted by molar-refractivity contribution is 6.30. The second-order valence-corrected chi connectivity index (χ2v) is 6.59. The summed E-state index contributed by atoms with van der Waals surface area (Å²) >= 11 is 6.26. The van der Waals surface area contributed by atoms with Crippen LogP contribution in [0.1, 0.15) is 17.2 Å². The van der Waals surface area contributed by atoms with Gasteiger partial charge in [-0.3, -0.25) is 0 Å². The van der Waals surface area contributed by atoms with Gasteiger partial charge in [-0.15, -0.1) is 5.10 Å². The maximum Gasteiger partial charge on any atom is 0.331 e. The number of halogens is 1. The van der Waals surface area contributed by atoms with E-state index in [0.29, 0.717) is 17.1 Å². The van der Waals surface area contributed by atoms with Gasteiger partial charge >= 0.3 is 5.97 Å². The van der Waals surface area contributed by atoms with Crippen LogP contribution in [0.3, 0.4) is 0 Å². The summed E-state index contributed by atoms with van der Waals surface area (Å²) in [7, 11) is 0. The number of tetrazole rings is 1. The van der Waals surface area contributed by atoms with Gasteiger partial charge < -0.3 is 4.74 Å². The van der Waals surface area contributed by atoms with Crippen molar-refractivity contribution in [2.75, 3.05) is 0 Å². The van der Waals surface area contributed by atoms with Crippen LogP contribution in [0.2, 0.25) is 5.15 Å². The number of rotatable bonds is 6. The number of para-hydroxylation sites is 1. The molecule has 0 aliphatic heterocycles. The van der Waals surface area contributed by atoms with Crippen LogP contribution in [0.25, 0.3) is 10.9 Å². The fourth-order valence-corrected chi connectivity index (χ4v) is 3.12. The van der Waals surface area contributed by atoms with Gasteiger partial charge in [0.2, 0.25) is 0 Å². The number of benzene rings is 2. The smallest absolute Gasteiger partial charge is 0.331 e. The quantitative estimate of drug-likeness (QED) is 0.369. The largest absolute Gasteiger partial charge is 0.459 e. The number of hydrogen-bond acceptors (Lipinski definition) is 6. The summed E-state index contributed by atoms with van der Waals surface area (Å²) in [4.78, 5) is 17.1. The lowest BCUT2D eigenvalue weighted by molar-refractivity contribution is -0.149. The molecule has 0 aliphatic carbocycles. The molecule has 0 spiro atoms. The van der Waals surface area contributed by atoms with Crippen LogP contribution in [-0.4, -0.2) is 31.2 Å². The first-order chi connectivity index (χ1) is 13.7. The van der Waals surface area contributed by atoms with E-state index in [-0.39, 0.29) is 6.61 Å². The Morgan fingerprint density at radius 3 is 2.68 bits per heavy atom. The van der Waals surface area contributed by atoms with Crippen molar-refractivity contribution in [2.45, 2.75) is 19.1 Å². The first-order valence-electron chi connectivity index (χ1n) is 8.68. The van der Waals surface area contributed by atoms with Crippen LogP contribution in [0.5, 0.6) is 0 Å². The molecule has 0 aliphatic rings. The molecule has 0 unspecified atom stereocenters. The van der Waals surface area contributed by atoms with Crippen molar-refractivity contribution in [3.05, 3.63) is 83.3 Å². The van der Waals surface area contributed by atoms with Crippen molar-refractivity contribution < 1.29 is 9.53 Å². The van der Waals surface area contributed by atoms with Crippen molar-refractivity contribution in [3.63, 3.8) is 0 Å². The molecular formula is C20H16ClN5O2. The van der Waals surface area contributed by atoms with E-state index in [1.807, 2.05) is 60.7 Å². The highest BCUT2D eigenvalue weighted by Crippen LogP contribution is 2.22. The Bertz CT molecular complexity index is 1090. The average Bonchev–Trinajstić information content (AvgIpc) is 3.25. The molecule has 8 heteroatoms. The van der Waals surface area contributed by atoms with Crippen LogP contribution in [0.4, 0.5) is 0 Å². The van der Waals surface area contributed by atoms with E-state index in [4.69, 9.17) is 16.3 Å².